The second kappa shape index (κ2) is 8.61. The monoisotopic (exact) mass is 457 g/mol. The Morgan fingerprint density at radius 3 is 2.10 bits per heavy atom. The van der Waals surface area contributed by atoms with Crippen molar-refractivity contribution in [3.05, 3.63) is 40.8 Å². The maximum Gasteiger partial charge on any atom is 0.244 e. The van der Waals surface area contributed by atoms with Gasteiger partial charge in [0.15, 0.2) is 0 Å². The molecule has 2 saturated heterocycles. The lowest BCUT2D eigenvalue weighted by molar-refractivity contribution is 0.122. The van der Waals surface area contributed by atoms with Crippen LogP contribution in [-0.2, 0) is 14.8 Å². The number of rotatable bonds is 4. The van der Waals surface area contributed by atoms with Gasteiger partial charge in [-0.25, -0.2) is 13.4 Å². The van der Waals surface area contributed by atoms with Crippen molar-refractivity contribution >= 4 is 44.7 Å². The molecule has 0 unspecified atom stereocenters. The lowest BCUT2D eigenvalue weighted by Crippen LogP contribution is -2.48. The van der Waals surface area contributed by atoms with Crippen molar-refractivity contribution in [2.75, 3.05) is 62.3 Å². The smallest absolute Gasteiger partial charge is 0.244 e. The van der Waals surface area contributed by atoms with Crippen LogP contribution in [0.3, 0.4) is 0 Å². The highest BCUT2D eigenvalue weighted by Crippen LogP contribution is 2.33. The Bertz CT molecular complexity index is 940. The normalized spacial score (nSPS) is 18.8. The number of anilines is 2. The van der Waals surface area contributed by atoms with Crippen LogP contribution in [0.2, 0.25) is 10.0 Å². The standard InChI is InChI=1S/C18H21Cl2N5O3S/c19-15-12-21-13-16(20)18(15)24-3-5-25(6-4-24)29(26,27)14-1-2-17(22-11-14)23-7-9-28-10-8-23/h1-2,11-13H,3-10H2. The van der Waals surface area contributed by atoms with Crippen LogP contribution in [0, 0.1) is 0 Å². The number of aromatic nitrogens is 2. The van der Waals surface area contributed by atoms with Crippen molar-refractivity contribution in [3.8, 4) is 0 Å². The predicted molar refractivity (Wildman–Crippen MR) is 112 cm³/mol. The SMILES string of the molecule is O=S(=O)(c1ccc(N2CCOCC2)nc1)N1CCN(c2c(Cl)cncc2Cl)CC1. The van der Waals surface area contributed by atoms with Crippen molar-refractivity contribution in [1.82, 2.24) is 14.3 Å². The summed E-state index contributed by atoms with van der Waals surface area (Å²) in [5.41, 5.74) is 0.692. The number of pyridine rings is 2. The molecule has 2 fully saturated rings. The Morgan fingerprint density at radius 2 is 1.52 bits per heavy atom. The maximum atomic E-state index is 13.0. The van der Waals surface area contributed by atoms with E-state index in [4.69, 9.17) is 27.9 Å². The lowest BCUT2D eigenvalue weighted by Gasteiger charge is -2.36. The van der Waals surface area contributed by atoms with Gasteiger partial charge in [0.1, 0.15) is 10.7 Å². The van der Waals surface area contributed by atoms with Gasteiger partial charge < -0.3 is 14.5 Å². The summed E-state index contributed by atoms with van der Waals surface area (Å²) in [4.78, 5) is 12.6. The van der Waals surface area contributed by atoms with E-state index in [1.165, 1.54) is 22.9 Å². The minimum atomic E-state index is -3.61. The van der Waals surface area contributed by atoms with Gasteiger partial charge in [0.25, 0.3) is 0 Å². The molecule has 0 atom stereocenters. The van der Waals surface area contributed by atoms with Crippen LogP contribution in [0.4, 0.5) is 11.5 Å². The van der Waals surface area contributed by atoms with E-state index in [2.05, 4.69) is 14.9 Å². The molecule has 2 aliphatic heterocycles. The molecule has 2 aromatic heterocycles. The van der Waals surface area contributed by atoms with E-state index in [9.17, 15) is 8.42 Å². The summed E-state index contributed by atoms with van der Waals surface area (Å²) in [6, 6.07) is 3.38. The fourth-order valence-corrected chi connectivity index (χ4v) is 5.48. The highest BCUT2D eigenvalue weighted by molar-refractivity contribution is 7.89. The minimum Gasteiger partial charge on any atom is -0.378 e. The van der Waals surface area contributed by atoms with E-state index in [-0.39, 0.29) is 4.90 Å². The molecule has 0 aliphatic carbocycles. The zero-order valence-corrected chi connectivity index (χ0v) is 18.0. The minimum absolute atomic E-state index is 0.197. The quantitative estimate of drug-likeness (QED) is 0.695. The zero-order valence-electron chi connectivity index (χ0n) is 15.7. The van der Waals surface area contributed by atoms with E-state index in [1.807, 2.05) is 4.90 Å². The summed E-state index contributed by atoms with van der Waals surface area (Å²) >= 11 is 12.4. The summed E-state index contributed by atoms with van der Waals surface area (Å²) in [5.74, 6) is 0.763. The Kier molecular flexibility index (Phi) is 6.12. The molecular formula is C18H21Cl2N5O3S. The number of morpholine rings is 1. The number of hydrogen-bond donors (Lipinski definition) is 0. The van der Waals surface area contributed by atoms with Gasteiger partial charge in [0, 0.05) is 57.9 Å². The molecule has 0 amide bonds. The summed E-state index contributed by atoms with van der Waals surface area (Å²) in [6.45, 7) is 4.45. The van der Waals surface area contributed by atoms with E-state index in [1.54, 1.807) is 12.1 Å². The Morgan fingerprint density at radius 1 is 0.862 bits per heavy atom. The van der Waals surface area contributed by atoms with Gasteiger partial charge >= 0.3 is 0 Å². The molecule has 0 spiro atoms. The van der Waals surface area contributed by atoms with Gasteiger partial charge in [-0.3, -0.25) is 4.98 Å². The third kappa shape index (κ3) is 4.29. The number of piperazine rings is 1. The number of halogens is 2. The van der Waals surface area contributed by atoms with Crippen LogP contribution in [0.15, 0.2) is 35.6 Å². The zero-order chi connectivity index (χ0) is 20.4. The van der Waals surface area contributed by atoms with Gasteiger partial charge in [-0.1, -0.05) is 23.2 Å². The molecular weight excluding hydrogens is 437 g/mol. The first-order valence-corrected chi connectivity index (χ1v) is 11.5. The topological polar surface area (TPSA) is 78.9 Å². The summed E-state index contributed by atoms with van der Waals surface area (Å²) in [7, 11) is -3.61. The second-order valence-corrected chi connectivity index (χ2v) is 9.55. The molecule has 156 valence electrons. The average Bonchev–Trinajstić information content (AvgIpc) is 2.75. The van der Waals surface area contributed by atoms with Crippen molar-refractivity contribution in [2.24, 2.45) is 0 Å². The highest BCUT2D eigenvalue weighted by Gasteiger charge is 2.30. The molecule has 2 aromatic rings. The molecule has 0 bridgehead atoms. The van der Waals surface area contributed by atoms with Crippen molar-refractivity contribution in [2.45, 2.75) is 4.90 Å². The second-order valence-electron chi connectivity index (χ2n) is 6.79. The first-order chi connectivity index (χ1) is 14.0. The van der Waals surface area contributed by atoms with Crippen LogP contribution >= 0.6 is 23.2 Å². The van der Waals surface area contributed by atoms with Crippen LogP contribution in [-0.4, -0.2) is 75.2 Å². The van der Waals surface area contributed by atoms with Gasteiger partial charge in [0.05, 0.1) is 28.9 Å². The van der Waals surface area contributed by atoms with Crippen LogP contribution in [0.1, 0.15) is 0 Å². The largest absolute Gasteiger partial charge is 0.378 e. The van der Waals surface area contributed by atoms with Crippen molar-refractivity contribution < 1.29 is 13.2 Å². The Hall–Kier alpha value is -1.65. The van der Waals surface area contributed by atoms with E-state index >= 15 is 0 Å². The summed E-state index contributed by atoms with van der Waals surface area (Å²) in [5, 5.41) is 0.911. The molecule has 2 aliphatic rings. The molecule has 0 N–H and O–H groups in total. The fourth-order valence-electron chi connectivity index (χ4n) is 3.51. The van der Waals surface area contributed by atoms with E-state index < -0.39 is 10.0 Å². The molecule has 29 heavy (non-hydrogen) atoms. The van der Waals surface area contributed by atoms with E-state index in [0.717, 1.165) is 18.9 Å². The predicted octanol–water partition coefficient (Wildman–Crippen LogP) is 2.13. The fraction of sp³-hybridized carbons (Fsp3) is 0.444. The Balaban J connectivity index is 1.45. The van der Waals surface area contributed by atoms with Crippen LogP contribution < -0.4 is 9.80 Å². The molecule has 4 heterocycles. The number of sulfonamides is 1. The summed E-state index contributed by atoms with van der Waals surface area (Å²) < 4.78 is 32.9. The third-order valence-corrected chi connectivity index (χ3v) is 7.51. The van der Waals surface area contributed by atoms with Gasteiger partial charge in [-0.15, -0.1) is 0 Å². The van der Waals surface area contributed by atoms with Crippen molar-refractivity contribution in [3.63, 3.8) is 0 Å². The molecule has 4 rings (SSSR count). The first kappa shape index (κ1) is 20.6. The number of hydrogen-bond acceptors (Lipinski definition) is 7. The van der Waals surface area contributed by atoms with Gasteiger partial charge in [-0.05, 0) is 12.1 Å². The van der Waals surface area contributed by atoms with Crippen molar-refractivity contribution in [1.29, 1.82) is 0 Å². The Labute approximate surface area is 180 Å². The number of ether oxygens (including phenoxy) is 1. The lowest BCUT2D eigenvalue weighted by atomic mass is 10.3. The van der Waals surface area contributed by atoms with Gasteiger partial charge in [-0.2, -0.15) is 4.31 Å². The third-order valence-electron chi connectivity index (χ3n) is 5.08. The molecule has 0 saturated carbocycles. The molecule has 8 nitrogen and oxygen atoms in total. The van der Waals surface area contributed by atoms with E-state index in [0.29, 0.717) is 55.1 Å². The molecule has 0 aromatic carbocycles. The summed E-state index contributed by atoms with van der Waals surface area (Å²) in [6.07, 6.45) is 4.50. The van der Waals surface area contributed by atoms with Gasteiger partial charge in [0.2, 0.25) is 10.0 Å². The van der Waals surface area contributed by atoms with Crippen LogP contribution in [0.5, 0.6) is 0 Å². The first-order valence-electron chi connectivity index (χ1n) is 9.29. The average molecular weight is 458 g/mol. The number of nitrogens with zero attached hydrogens (tertiary/aromatic N) is 5. The maximum absolute atomic E-state index is 13.0. The highest BCUT2D eigenvalue weighted by atomic mass is 35.5. The van der Waals surface area contributed by atoms with Crippen LogP contribution in [0.25, 0.3) is 0 Å². The molecule has 11 heteroatoms. The molecule has 0 radical (unpaired) electrons.